The first kappa shape index (κ1) is 21.1. The minimum absolute atomic E-state index is 0.0456. The fraction of sp³-hybridized carbons (Fsp3) is 0.280. The number of hydrogen-bond donors (Lipinski definition) is 3. The van der Waals surface area contributed by atoms with Crippen LogP contribution in [0.3, 0.4) is 0 Å². The van der Waals surface area contributed by atoms with Gasteiger partial charge in [0.15, 0.2) is 0 Å². The monoisotopic (exact) mass is 433 g/mol. The number of carbonyl (C=O) groups excluding carboxylic acids is 1. The van der Waals surface area contributed by atoms with Crippen LogP contribution >= 0.6 is 11.3 Å². The Balaban J connectivity index is 1.74. The third-order valence-electron chi connectivity index (χ3n) is 5.52. The fourth-order valence-electron chi connectivity index (χ4n) is 3.86. The molecular weight excluding hydrogens is 406 g/mol. The Labute approximate surface area is 186 Å². The van der Waals surface area contributed by atoms with E-state index in [1.165, 1.54) is 11.3 Å². The molecular formula is C25H27N3O2S. The van der Waals surface area contributed by atoms with E-state index in [2.05, 4.69) is 21.7 Å². The Morgan fingerprint density at radius 2 is 1.94 bits per heavy atom. The first-order chi connectivity index (χ1) is 15.0. The predicted molar refractivity (Wildman–Crippen MR) is 124 cm³/mol. The normalized spacial score (nSPS) is 15.0. The molecule has 1 unspecified atom stereocenters. The zero-order valence-electron chi connectivity index (χ0n) is 17.8. The molecule has 3 aromatic rings. The van der Waals surface area contributed by atoms with Crippen molar-refractivity contribution in [3.63, 3.8) is 0 Å². The topological polar surface area (TPSA) is 74.2 Å². The van der Waals surface area contributed by atoms with Gasteiger partial charge in [0.25, 0.3) is 5.91 Å². The number of phenolic OH excluding ortho intramolecular Hbond substituents is 1. The number of hydrogen-bond acceptors (Lipinski definition) is 5. The van der Waals surface area contributed by atoms with Crippen LogP contribution < -0.4 is 10.6 Å². The number of allylic oxidation sites excluding steroid dienone is 1. The van der Waals surface area contributed by atoms with Crippen molar-refractivity contribution in [2.24, 2.45) is 5.92 Å². The Kier molecular flexibility index (Phi) is 6.09. The maximum atomic E-state index is 13.7. The highest BCUT2D eigenvalue weighted by Gasteiger charge is 2.51. The van der Waals surface area contributed by atoms with Gasteiger partial charge in [-0.1, -0.05) is 35.9 Å². The van der Waals surface area contributed by atoms with Crippen molar-refractivity contribution in [3.8, 4) is 16.9 Å². The summed E-state index contributed by atoms with van der Waals surface area (Å²) < 4.78 is 0. The number of aromatic hydroxyl groups is 1. The van der Waals surface area contributed by atoms with Gasteiger partial charge in [0.2, 0.25) is 0 Å². The van der Waals surface area contributed by atoms with Crippen molar-refractivity contribution in [2.45, 2.75) is 38.8 Å². The van der Waals surface area contributed by atoms with E-state index in [0.29, 0.717) is 6.54 Å². The van der Waals surface area contributed by atoms with E-state index in [4.69, 9.17) is 0 Å². The van der Waals surface area contributed by atoms with Crippen molar-refractivity contribution in [1.29, 1.82) is 0 Å². The number of carbonyl (C=O) groups is 1. The summed E-state index contributed by atoms with van der Waals surface area (Å²) in [4.78, 5) is 18.0. The van der Waals surface area contributed by atoms with E-state index >= 15 is 0 Å². The van der Waals surface area contributed by atoms with Crippen molar-refractivity contribution in [3.05, 3.63) is 82.5 Å². The van der Waals surface area contributed by atoms with Gasteiger partial charge in [0, 0.05) is 11.6 Å². The summed E-state index contributed by atoms with van der Waals surface area (Å²) in [5, 5.41) is 19.3. The van der Waals surface area contributed by atoms with Crippen molar-refractivity contribution < 1.29 is 9.90 Å². The van der Waals surface area contributed by atoms with Gasteiger partial charge in [0.1, 0.15) is 16.3 Å². The number of aromatic nitrogens is 1. The van der Waals surface area contributed by atoms with Crippen LogP contribution in [0.15, 0.2) is 71.9 Å². The number of amides is 1. The molecule has 0 saturated heterocycles. The maximum absolute atomic E-state index is 13.7. The second-order valence-electron chi connectivity index (χ2n) is 8.19. The lowest BCUT2D eigenvalue weighted by Gasteiger charge is -2.34. The van der Waals surface area contributed by atoms with E-state index in [-0.39, 0.29) is 17.6 Å². The number of nitrogens with one attached hydrogen (secondary N) is 2. The van der Waals surface area contributed by atoms with Crippen LogP contribution in [0, 0.1) is 5.92 Å². The van der Waals surface area contributed by atoms with Crippen LogP contribution in [0.1, 0.15) is 37.3 Å². The predicted octanol–water partition coefficient (Wildman–Crippen LogP) is 4.95. The fourth-order valence-corrected chi connectivity index (χ4v) is 4.41. The zero-order valence-corrected chi connectivity index (χ0v) is 18.6. The Morgan fingerprint density at radius 3 is 2.58 bits per heavy atom. The number of thiazole rings is 1. The molecule has 5 nitrogen and oxygen atoms in total. The van der Waals surface area contributed by atoms with Gasteiger partial charge in [-0.05, 0) is 73.7 Å². The van der Waals surface area contributed by atoms with E-state index in [1.54, 1.807) is 18.3 Å². The first-order valence-corrected chi connectivity index (χ1v) is 11.3. The summed E-state index contributed by atoms with van der Waals surface area (Å²) in [5.41, 5.74) is 3.04. The van der Waals surface area contributed by atoms with Gasteiger partial charge < -0.3 is 15.7 Å². The lowest BCUT2D eigenvalue weighted by molar-refractivity contribution is -0.128. The molecule has 4 rings (SSSR count). The lowest BCUT2D eigenvalue weighted by atomic mass is 9.82. The van der Waals surface area contributed by atoms with E-state index in [0.717, 1.165) is 40.1 Å². The van der Waals surface area contributed by atoms with E-state index in [1.807, 2.05) is 55.8 Å². The number of phenols is 1. The quantitative estimate of drug-likeness (QED) is 0.470. The summed E-state index contributed by atoms with van der Waals surface area (Å²) in [7, 11) is 0. The molecule has 2 aromatic carbocycles. The number of nitrogens with zero attached hydrogens (tertiary/aromatic N) is 1. The number of rotatable bonds is 8. The Bertz CT molecular complexity index is 1090. The number of benzene rings is 2. The SMILES string of the molecule is CC(C)=CNC(C(=O)NCc1nccs1)(c1cccc(-c2cccc(O)c2)c1)C1CC1. The van der Waals surface area contributed by atoms with Crippen LogP contribution in [0.2, 0.25) is 0 Å². The lowest BCUT2D eigenvalue weighted by Crippen LogP contribution is -2.54. The molecule has 1 atom stereocenters. The molecule has 0 aliphatic heterocycles. The molecule has 1 fully saturated rings. The Morgan fingerprint density at radius 1 is 1.19 bits per heavy atom. The summed E-state index contributed by atoms with van der Waals surface area (Å²) in [5.74, 6) is 0.384. The maximum Gasteiger partial charge on any atom is 0.250 e. The summed E-state index contributed by atoms with van der Waals surface area (Å²) in [6.45, 7) is 4.44. The second kappa shape index (κ2) is 8.94. The smallest absolute Gasteiger partial charge is 0.250 e. The third kappa shape index (κ3) is 4.64. The molecule has 0 bridgehead atoms. The van der Waals surface area contributed by atoms with E-state index < -0.39 is 5.54 Å². The average molecular weight is 434 g/mol. The largest absolute Gasteiger partial charge is 0.508 e. The van der Waals surface area contributed by atoms with Crippen molar-refractivity contribution in [1.82, 2.24) is 15.6 Å². The summed E-state index contributed by atoms with van der Waals surface area (Å²) in [6.07, 6.45) is 5.66. The molecule has 1 amide bonds. The zero-order chi connectivity index (χ0) is 21.8. The molecule has 1 aliphatic carbocycles. The van der Waals surface area contributed by atoms with Crippen LogP contribution in [-0.2, 0) is 16.9 Å². The minimum Gasteiger partial charge on any atom is -0.508 e. The van der Waals surface area contributed by atoms with Crippen molar-refractivity contribution >= 4 is 17.2 Å². The van der Waals surface area contributed by atoms with Gasteiger partial charge in [-0.2, -0.15) is 0 Å². The second-order valence-corrected chi connectivity index (χ2v) is 9.17. The molecule has 1 aromatic heterocycles. The highest BCUT2D eigenvalue weighted by molar-refractivity contribution is 7.09. The molecule has 1 heterocycles. The van der Waals surface area contributed by atoms with Crippen LogP contribution in [-0.4, -0.2) is 16.0 Å². The highest BCUT2D eigenvalue weighted by atomic mass is 32.1. The summed E-state index contributed by atoms with van der Waals surface area (Å²) >= 11 is 1.53. The standard InChI is InChI=1S/C25H27N3O2S/c1-17(2)15-28-25(20-9-10-20,24(30)27-16-23-26-11-12-31-23)21-7-3-5-18(13-21)19-6-4-8-22(29)14-19/h3-8,11-15,20,28-29H,9-10,16H2,1-2H3,(H,27,30). The van der Waals surface area contributed by atoms with E-state index in [9.17, 15) is 9.90 Å². The van der Waals surface area contributed by atoms with Gasteiger partial charge in [-0.3, -0.25) is 4.79 Å². The first-order valence-electron chi connectivity index (χ1n) is 10.5. The summed E-state index contributed by atoms with van der Waals surface area (Å²) in [6, 6.07) is 15.2. The van der Waals surface area contributed by atoms with Crippen LogP contribution in [0.25, 0.3) is 11.1 Å². The molecule has 160 valence electrons. The molecule has 3 N–H and O–H groups in total. The van der Waals surface area contributed by atoms with Gasteiger partial charge in [0.05, 0.1) is 6.54 Å². The average Bonchev–Trinajstić information content (AvgIpc) is 3.48. The third-order valence-corrected chi connectivity index (χ3v) is 6.30. The Hall–Kier alpha value is -3.12. The molecule has 1 saturated carbocycles. The molecule has 0 radical (unpaired) electrons. The van der Waals surface area contributed by atoms with Crippen molar-refractivity contribution in [2.75, 3.05) is 0 Å². The highest BCUT2D eigenvalue weighted by Crippen LogP contribution is 2.47. The van der Waals surface area contributed by atoms with Crippen LogP contribution in [0.5, 0.6) is 5.75 Å². The minimum atomic E-state index is -0.860. The molecule has 1 aliphatic rings. The van der Waals surface area contributed by atoms with Gasteiger partial charge in [-0.15, -0.1) is 11.3 Å². The molecule has 0 spiro atoms. The van der Waals surface area contributed by atoms with Gasteiger partial charge in [-0.25, -0.2) is 4.98 Å². The van der Waals surface area contributed by atoms with Crippen LogP contribution in [0.4, 0.5) is 0 Å². The molecule has 6 heteroatoms. The van der Waals surface area contributed by atoms with Gasteiger partial charge >= 0.3 is 0 Å². The molecule has 31 heavy (non-hydrogen) atoms.